The normalized spacial score (nSPS) is 17.5. The quantitative estimate of drug-likeness (QED) is 0.357. The molecule has 2 rings (SSSR count). The Bertz CT molecular complexity index is 423. The van der Waals surface area contributed by atoms with Crippen LogP contribution in [0.4, 0.5) is 4.39 Å². The summed E-state index contributed by atoms with van der Waals surface area (Å²) in [6.07, 6.45) is 4.53. The fourth-order valence-corrected chi connectivity index (χ4v) is 2.21. The molecular formula is C13H18FN3. The number of benzene rings is 1. The van der Waals surface area contributed by atoms with Gasteiger partial charge in [-0.1, -0.05) is 18.9 Å². The molecule has 0 unspecified atom stereocenters. The van der Waals surface area contributed by atoms with Crippen molar-refractivity contribution in [2.75, 3.05) is 0 Å². The first kappa shape index (κ1) is 12.0. The third-order valence-electron chi connectivity index (χ3n) is 3.15. The maximum atomic E-state index is 13.8. The van der Waals surface area contributed by atoms with Crippen LogP contribution in [0.15, 0.2) is 23.2 Å². The molecule has 0 aromatic heterocycles. The van der Waals surface area contributed by atoms with Gasteiger partial charge in [-0.05, 0) is 37.5 Å². The van der Waals surface area contributed by atoms with E-state index in [0.717, 1.165) is 18.4 Å². The standard InChI is InChI=1S/C13H18FN3/c1-9-6-7-11(12(14)8-9)13(17-15)16-10-4-2-3-5-10/h6-8,10H,2-5,15H2,1H3,(H,16,17). The van der Waals surface area contributed by atoms with Gasteiger partial charge in [0, 0.05) is 0 Å². The Labute approximate surface area is 101 Å². The van der Waals surface area contributed by atoms with Crippen molar-refractivity contribution in [3.8, 4) is 0 Å². The highest BCUT2D eigenvalue weighted by atomic mass is 19.1. The number of hydrogen-bond acceptors (Lipinski definition) is 2. The summed E-state index contributed by atoms with van der Waals surface area (Å²) in [5.41, 5.74) is 3.86. The zero-order valence-corrected chi connectivity index (χ0v) is 10.0. The van der Waals surface area contributed by atoms with Crippen molar-refractivity contribution < 1.29 is 4.39 Å². The number of halogens is 1. The van der Waals surface area contributed by atoms with Crippen LogP contribution in [0, 0.1) is 12.7 Å². The van der Waals surface area contributed by atoms with Gasteiger partial charge in [-0.25, -0.2) is 10.2 Å². The molecule has 0 atom stereocenters. The first-order chi connectivity index (χ1) is 8.20. The summed E-state index contributed by atoms with van der Waals surface area (Å²) in [5, 5.41) is 0. The predicted octanol–water partition coefficient (Wildman–Crippen LogP) is 2.29. The summed E-state index contributed by atoms with van der Waals surface area (Å²) in [5.74, 6) is 5.62. The van der Waals surface area contributed by atoms with Gasteiger partial charge in [-0.15, -0.1) is 0 Å². The van der Waals surface area contributed by atoms with Gasteiger partial charge in [0.1, 0.15) is 11.7 Å². The van der Waals surface area contributed by atoms with Gasteiger partial charge in [-0.2, -0.15) is 0 Å². The van der Waals surface area contributed by atoms with Gasteiger partial charge in [0.05, 0.1) is 11.6 Å². The Morgan fingerprint density at radius 2 is 2.12 bits per heavy atom. The first-order valence-electron chi connectivity index (χ1n) is 6.01. The number of nitrogens with one attached hydrogen (secondary N) is 1. The van der Waals surface area contributed by atoms with E-state index in [9.17, 15) is 4.39 Å². The molecule has 3 nitrogen and oxygen atoms in total. The summed E-state index contributed by atoms with van der Waals surface area (Å²) in [7, 11) is 0. The van der Waals surface area contributed by atoms with Crippen LogP contribution in [0.1, 0.15) is 36.8 Å². The number of nitrogens with zero attached hydrogens (tertiary/aromatic N) is 1. The molecule has 1 aliphatic rings. The number of nitrogens with two attached hydrogens (primary N) is 1. The van der Waals surface area contributed by atoms with Gasteiger partial charge in [0.25, 0.3) is 0 Å². The molecule has 17 heavy (non-hydrogen) atoms. The van der Waals surface area contributed by atoms with Gasteiger partial charge < -0.3 is 5.43 Å². The number of aliphatic imine (C=N–C) groups is 1. The number of hydrazine groups is 1. The average Bonchev–Trinajstić information content (AvgIpc) is 2.79. The second-order valence-electron chi connectivity index (χ2n) is 4.54. The highest BCUT2D eigenvalue weighted by Crippen LogP contribution is 2.22. The zero-order valence-electron chi connectivity index (χ0n) is 10.0. The van der Waals surface area contributed by atoms with Crippen LogP contribution in [-0.4, -0.2) is 11.9 Å². The van der Waals surface area contributed by atoms with Crippen molar-refractivity contribution in [3.05, 3.63) is 35.1 Å². The van der Waals surface area contributed by atoms with Crippen molar-refractivity contribution >= 4 is 5.84 Å². The van der Waals surface area contributed by atoms with Crippen molar-refractivity contribution in [1.29, 1.82) is 0 Å². The Morgan fingerprint density at radius 1 is 1.41 bits per heavy atom. The van der Waals surface area contributed by atoms with E-state index in [1.165, 1.54) is 18.9 Å². The third-order valence-corrected chi connectivity index (χ3v) is 3.15. The van der Waals surface area contributed by atoms with Crippen molar-refractivity contribution in [2.45, 2.75) is 38.6 Å². The molecule has 1 saturated carbocycles. The molecule has 0 aliphatic heterocycles. The number of rotatable bonds is 2. The highest BCUT2D eigenvalue weighted by Gasteiger charge is 2.16. The van der Waals surface area contributed by atoms with E-state index in [4.69, 9.17) is 5.84 Å². The lowest BCUT2D eigenvalue weighted by molar-refractivity contribution is 0.621. The second kappa shape index (κ2) is 5.27. The molecule has 0 saturated heterocycles. The van der Waals surface area contributed by atoms with E-state index in [-0.39, 0.29) is 11.9 Å². The second-order valence-corrected chi connectivity index (χ2v) is 4.54. The molecule has 0 radical (unpaired) electrons. The molecule has 1 aromatic carbocycles. The minimum atomic E-state index is -0.278. The van der Waals surface area contributed by atoms with Crippen molar-refractivity contribution in [2.24, 2.45) is 10.8 Å². The topological polar surface area (TPSA) is 50.4 Å². The lowest BCUT2D eigenvalue weighted by Gasteiger charge is -2.10. The minimum Gasteiger partial charge on any atom is -0.308 e. The molecule has 4 heteroatoms. The van der Waals surface area contributed by atoms with Crippen LogP contribution in [-0.2, 0) is 0 Å². The zero-order chi connectivity index (χ0) is 12.3. The number of hydrogen-bond donors (Lipinski definition) is 2. The molecule has 0 bridgehead atoms. The fraction of sp³-hybridized carbons (Fsp3) is 0.462. The number of aryl methyl sites for hydroxylation is 1. The fourth-order valence-electron chi connectivity index (χ4n) is 2.21. The predicted molar refractivity (Wildman–Crippen MR) is 67.3 cm³/mol. The van der Waals surface area contributed by atoms with Crippen molar-refractivity contribution in [3.63, 3.8) is 0 Å². The Kier molecular flexibility index (Phi) is 3.74. The van der Waals surface area contributed by atoms with Gasteiger partial charge >= 0.3 is 0 Å². The highest BCUT2D eigenvalue weighted by molar-refractivity contribution is 5.98. The van der Waals surface area contributed by atoms with Crippen LogP contribution in [0.2, 0.25) is 0 Å². The Morgan fingerprint density at radius 3 is 2.71 bits per heavy atom. The van der Waals surface area contributed by atoms with Crippen LogP contribution >= 0.6 is 0 Å². The molecular weight excluding hydrogens is 217 g/mol. The number of amidine groups is 1. The van der Waals surface area contributed by atoms with E-state index >= 15 is 0 Å². The maximum absolute atomic E-state index is 13.8. The van der Waals surface area contributed by atoms with E-state index in [1.54, 1.807) is 6.07 Å². The van der Waals surface area contributed by atoms with Crippen molar-refractivity contribution in [1.82, 2.24) is 5.43 Å². The Hall–Kier alpha value is -1.42. The van der Waals surface area contributed by atoms with E-state index < -0.39 is 0 Å². The minimum absolute atomic E-state index is 0.278. The van der Waals surface area contributed by atoms with Crippen LogP contribution < -0.4 is 11.3 Å². The van der Waals surface area contributed by atoms with Gasteiger partial charge in [0.15, 0.2) is 0 Å². The van der Waals surface area contributed by atoms with E-state index in [2.05, 4.69) is 10.4 Å². The van der Waals surface area contributed by atoms with Crippen LogP contribution in [0.25, 0.3) is 0 Å². The molecule has 0 heterocycles. The van der Waals surface area contributed by atoms with E-state index in [1.807, 2.05) is 13.0 Å². The summed E-state index contributed by atoms with van der Waals surface area (Å²) in [4.78, 5) is 4.50. The summed E-state index contributed by atoms with van der Waals surface area (Å²) < 4.78 is 13.8. The summed E-state index contributed by atoms with van der Waals surface area (Å²) >= 11 is 0. The average molecular weight is 235 g/mol. The molecule has 92 valence electrons. The lowest BCUT2D eigenvalue weighted by atomic mass is 10.1. The summed E-state index contributed by atoms with van der Waals surface area (Å²) in [6.45, 7) is 1.86. The molecule has 0 spiro atoms. The van der Waals surface area contributed by atoms with Crippen LogP contribution in [0.5, 0.6) is 0 Å². The Balaban J connectivity index is 2.27. The van der Waals surface area contributed by atoms with Gasteiger partial charge in [-0.3, -0.25) is 4.99 Å². The van der Waals surface area contributed by atoms with Gasteiger partial charge in [0.2, 0.25) is 0 Å². The maximum Gasteiger partial charge on any atom is 0.145 e. The summed E-state index contributed by atoms with van der Waals surface area (Å²) in [6, 6.07) is 5.36. The lowest BCUT2D eigenvalue weighted by Crippen LogP contribution is -2.33. The molecule has 3 N–H and O–H groups in total. The SMILES string of the molecule is Cc1ccc(C(=NC2CCCC2)NN)c(F)c1. The van der Waals surface area contributed by atoms with E-state index in [0.29, 0.717) is 11.4 Å². The third kappa shape index (κ3) is 2.82. The first-order valence-corrected chi connectivity index (χ1v) is 6.01. The molecule has 1 aliphatic carbocycles. The van der Waals surface area contributed by atoms with Crippen LogP contribution in [0.3, 0.4) is 0 Å². The largest absolute Gasteiger partial charge is 0.308 e. The molecule has 1 fully saturated rings. The monoisotopic (exact) mass is 235 g/mol. The smallest absolute Gasteiger partial charge is 0.145 e. The molecule has 0 amide bonds. The molecule has 1 aromatic rings.